The van der Waals surface area contributed by atoms with Crippen molar-refractivity contribution >= 4 is 24.0 Å². The smallest absolute Gasteiger partial charge is 0.233 e. The molecule has 2 rings (SSSR count). The van der Waals surface area contributed by atoms with Gasteiger partial charge in [-0.25, -0.2) is 0 Å². The van der Waals surface area contributed by atoms with Gasteiger partial charge in [0.05, 0.1) is 5.75 Å². The average Bonchev–Trinajstić information content (AvgIpc) is 3.22. The summed E-state index contributed by atoms with van der Waals surface area (Å²) < 4.78 is 0. The van der Waals surface area contributed by atoms with Crippen LogP contribution in [-0.2, 0) is 4.79 Å². The lowest BCUT2D eigenvalue weighted by molar-refractivity contribution is -0.128. The lowest BCUT2D eigenvalue weighted by atomic mass is 10.2. The zero-order chi connectivity index (χ0) is 13.0. The van der Waals surface area contributed by atoms with E-state index >= 15 is 0 Å². The van der Waals surface area contributed by atoms with Crippen LogP contribution >= 0.6 is 11.8 Å². The summed E-state index contributed by atoms with van der Waals surface area (Å²) in [6, 6.07) is 7.83. The van der Waals surface area contributed by atoms with E-state index in [2.05, 4.69) is 0 Å². The van der Waals surface area contributed by atoms with E-state index in [-0.39, 0.29) is 5.91 Å². The van der Waals surface area contributed by atoms with Crippen LogP contribution in [0.15, 0.2) is 29.2 Å². The predicted molar refractivity (Wildman–Crippen MR) is 73.0 cm³/mol. The number of hydrogen-bond donors (Lipinski definition) is 0. The summed E-state index contributed by atoms with van der Waals surface area (Å²) in [5.41, 5.74) is 0.655. The minimum atomic E-state index is 0.196. The topological polar surface area (TPSA) is 37.4 Å². The Morgan fingerprint density at radius 3 is 2.89 bits per heavy atom. The second kappa shape index (κ2) is 6.05. The molecule has 0 aromatic heterocycles. The van der Waals surface area contributed by atoms with Crippen LogP contribution in [-0.4, -0.2) is 35.4 Å². The molecule has 0 unspecified atom stereocenters. The number of benzene rings is 1. The van der Waals surface area contributed by atoms with Crippen molar-refractivity contribution < 1.29 is 9.59 Å². The van der Waals surface area contributed by atoms with Gasteiger partial charge in [-0.1, -0.05) is 12.1 Å². The summed E-state index contributed by atoms with van der Waals surface area (Å²) in [5, 5.41) is 0. The Morgan fingerprint density at radius 2 is 2.28 bits per heavy atom. The second-order valence-corrected chi connectivity index (χ2v) is 5.44. The standard InChI is InChI=1S/C14H17NO2S/c1-2-15(12-6-7-12)14(17)10-18-13-5-3-4-11(8-13)9-16/h3-5,8-9,12H,2,6-7,10H2,1H3. The van der Waals surface area contributed by atoms with Crippen LogP contribution in [0.1, 0.15) is 30.1 Å². The van der Waals surface area contributed by atoms with Crippen LogP contribution in [0.3, 0.4) is 0 Å². The van der Waals surface area contributed by atoms with Crippen LogP contribution in [0.4, 0.5) is 0 Å². The van der Waals surface area contributed by atoms with Crippen molar-refractivity contribution in [1.82, 2.24) is 4.90 Å². The van der Waals surface area contributed by atoms with E-state index in [1.165, 1.54) is 11.8 Å². The molecule has 96 valence electrons. The molecule has 0 atom stereocenters. The maximum atomic E-state index is 12.0. The zero-order valence-electron chi connectivity index (χ0n) is 10.5. The van der Waals surface area contributed by atoms with Crippen molar-refractivity contribution in [3.8, 4) is 0 Å². The van der Waals surface area contributed by atoms with Crippen molar-refractivity contribution in [2.45, 2.75) is 30.7 Å². The molecular formula is C14H17NO2S. The summed E-state index contributed by atoms with van der Waals surface area (Å²) in [4.78, 5) is 25.6. The van der Waals surface area contributed by atoms with Crippen molar-refractivity contribution in [3.63, 3.8) is 0 Å². The molecule has 1 aromatic carbocycles. The summed E-state index contributed by atoms with van der Waals surface area (Å²) >= 11 is 1.50. The molecule has 1 saturated carbocycles. The van der Waals surface area contributed by atoms with Gasteiger partial charge in [0.15, 0.2) is 0 Å². The zero-order valence-corrected chi connectivity index (χ0v) is 11.3. The molecule has 4 heteroatoms. The Morgan fingerprint density at radius 1 is 1.50 bits per heavy atom. The molecule has 1 aromatic rings. The third-order valence-electron chi connectivity index (χ3n) is 3.01. The first-order chi connectivity index (χ1) is 8.74. The summed E-state index contributed by atoms with van der Waals surface area (Å²) in [7, 11) is 0. The van der Waals surface area contributed by atoms with Crippen molar-refractivity contribution in [1.29, 1.82) is 0 Å². The number of carbonyl (C=O) groups is 2. The molecule has 0 saturated heterocycles. The largest absolute Gasteiger partial charge is 0.339 e. The SMILES string of the molecule is CCN(C(=O)CSc1cccc(C=O)c1)C1CC1. The molecule has 0 bridgehead atoms. The highest BCUT2D eigenvalue weighted by molar-refractivity contribution is 8.00. The van der Waals surface area contributed by atoms with Gasteiger partial charge in [0.2, 0.25) is 5.91 Å². The van der Waals surface area contributed by atoms with E-state index in [1.54, 1.807) is 6.07 Å². The fraction of sp³-hybridized carbons (Fsp3) is 0.429. The molecule has 0 aliphatic heterocycles. The number of thioether (sulfide) groups is 1. The van der Waals surface area contributed by atoms with Gasteiger partial charge in [-0.15, -0.1) is 11.8 Å². The number of aldehydes is 1. The van der Waals surface area contributed by atoms with Crippen LogP contribution < -0.4 is 0 Å². The lowest BCUT2D eigenvalue weighted by Crippen LogP contribution is -2.34. The molecular weight excluding hydrogens is 246 g/mol. The van der Waals surface area contributed by atoms with E-state index in [9.17, 15) is 9.59 Å². The summed E-state index contributed by atoms with van der Waals surface area (Å²) in [6.07, 6.45) is 3.12. The van der Waals surface area contributed by atoms with Crippen LogP contribution in [0, 0.1) is 0 Å². The van der Waals surface area contributed by atoms with Crippen LogP contribution in [0.2, 0.25) is 0 Å². The first kappa shape index (κ1) is 13.1. The van der Waals surface area contributed by atoms with Gasteiger partial charge < -0.3 is 4.90 Å². The maximum Gasteiger partial charge on any atom is 0.233 e. The van der Waals surface area contributed by atoms with Gasteiger partial charge >= 0.3 is 0 Å². The average molecular weight is 263 g/mol. The number of nitrogens with zero attached hydrogens (tertiary/aromatic N) is 1. The first-order valence-electron chi connectivity index (χ1n) is 6.22. The number of carbonyl (C=O) groups excluding carboxylic acids is 2. The predicted octanol–water partition coefficient (Wildman–Crippen LogP) is 2.60. The second-order valence-electron chi connectivity index (χ2n) is 4.39. The van der Waals surface area contributed by atoms with Gasteiger partial charge in [0.25, 0.3) is 0 Å². The third kappa shape index (κ3) is 3.35. The van der Waals surface area contributed by atoms with Gasteiger partial charge in [-0.3, -0.25) is 9.59 Å². The fourth-order valence-electron chi connectivity index (χ4n) is 1.93. The van der Waals surface area contributed by atoms with Crippen molar-refractivity contribution in [2.75, 3.05) is 12.3 Å². The Hall–Kier alpha value is -1.29. The van der Waals surface area contributed by atoms with Gasteiger partial charge in [-0.05, 0) is 31.9 Å². The molecule has 1 aliphatic rings. The number of hydrogen-bond acceptors (Lipinski definition) is 3. The third-order valence-corrected chi connectivity index (χ3v) is 3.98. The highest BCUT2D eigenvalue weighted by atomic mass is 32.2. The molecule has 1 amide bonds. The van der Waals surface area contributed by atoms with Crippen molar-refractivity contribution in [2.24, 2.45) is 0 Å². The van der Waals surface area contributed by atoms with Gasteiger partial charge in [-0.2, -0.15) is 0 Å². The maximum absolute atomic E-state index is 12.0. The quantitative estimate of drug-likeness (QED) is 0.585. The summed E-state index contributed by atoms with van der Waals surface area (Å²) in [5.74, 6) is 0.647. The van der Waals surface area contributed by atoms with Gasteiger partial charge in [0.1, 0.15) is 6.29 Å². The first-order valence-corrected chi connectivity index (χ1v) is 7.20. The van der Waals surface area contributed by atoms with Crippen LogP contribution in [0.5, 0.6) is 0 Å². The van der Waals surface area contributed by atoms with E-state index < -0.39 is 0 Å². The molecule has 1 fully saturated rings. The van der Waals surface area contributed by atoms with Crippen molar-refractivity contribution in [3.05, 3.63) is 29.8 Å². The minimum Gasteiger partial charge on any atom is -0.339 e. The molecule has 1 aliphatic carbocycles. The normalized spacial score (nSPS) is 14.3. The Labute approximate surface area is 112 Å². The Bertz CT molecular complexity index is 443. The van der Waals surface area contributed by atoms with Crippen LogP contribution in [0.25, 0.3) is 0 Å². The molecule has 3 nitrogen and oxygen atoms in total. The van der Waals surface area contributed by atoms with E-state index in [1.807, 2.05) is 30.0 Å². The monoisotopic (exact) mass is 263 g/mol. The fourth-order valence-corrected chi connectivity index (χ4v) is 2.78. The number of amides is 1. The molecule has 0 N–H and O–H groups in total. The lowest BCUT2D eigenvalue weighted by Gasteiger charge is -2.19. The molecule has 0 spiro atoms. The Kier molecular flexibility index (Phi) is 4.42. The molecule has 18 heavy (non-hydrogen) atoms. The summed E-state index contributed by atoms with van der Waals surface area (Å²) in [6.45, 7) is 2.81. The van der Waals surface area contributed by atoms with E-state index in [0.29, 0.717) is 17.4 Å². The highest BCUT2D eigenvalue weighted by Gasteiger charge is 2.30. The molecule has 0 radical (unpaired) electrons. The van der Waals surface area contributed by atoms with E-state index in [0.717, 1.165) is 30.6 Å². The molecule has 0 heterocycles. The number of rotatable bonds is 6. The highest BCUT2D eigenvalue weighted by Crippen LogP contribution is 2.28. The van der Waals surface area contributed by atoms with E-state index in [4.69, 9.17) is 0 Å². The minimum absolute atomic E-state index is 0.196. The van der Waals surface area contributed by atoms with Gasteiger partial charge in [0, 0.05) is 23.0 Å². The Balaban J connectivity index is 1.89.